The molecule has 0 aliphatic carbocycles. The van der Waals surface area contributed by atoms with Crippen LogP contribution in [-0.2, 0) is 0 Å². The molecule has 6 nitrogen and oxygen atoms in total. The van der Waals surface area contributed by atoms with Crippen molar-refractivity contribution in [2.75, 3.05) is 13.1 Å². The van der Waals surface area contributed by atoms with Crippen LogP contribution in [-0.4, -0.2) is 45.4 Å². The molecule has 1 aliphatic rings. The Labute approximate surface area is 163 Å². The van der Waals surface area contributed by atoms with Gasteiger partial charge < -0.3 is 14.8 Å². The number of hydrogen-bond donors (Lipinski definition) is 1. The Bertz CT molecular complexity index is 928. The van der Waals surface area contributed by atoms with Gasteiger partial charge in [0.2, 0.25) is 0 Å². The first-order valence-electron chi connectivity index (χ1n) is 9.45. The van der Waals surface area contributed by atoms with E-state index in [-0.39, 0.29) is 17.9 Å². The highest BCUT2D eigenvalue weighted by molar-refractivity contribution is 5.94. The van der Waals surface area contributed by atoms with Crippen LogP contribution >= 0.6 is 0 Å². The molecule has 6 heteroatoms. The quantitative estimate of drug-likeness (QED) is 0.764. The van der Waals surface area contributed by atoms with E-state index in [4.69, 9.17) is 0 Å². The van der Waals surface area contributed by atoms with Gasteiger partial charge in [0, 0.05) is 49.0 Å². The third-order valence-electron chi connectivity index (χ3n) is 5.03. The first-order valence-corrected chi connectivity index (χ1v) is 9.45. The molecule has 1 aromatic carbocycles. The smallest absolute Gasteiger partial charge is 0.272 e. The summed E-state index contributed by atoms with van der Waals surface area (Å²) in [5.41, 5.74) is 2.12. The summed E-state index contributed by atoms with van der Waals surface area (Å²) >= 11 is 0. The number of amides is 2. The fraction of sp³-hybridized carbons (Fsp3) is 0.227. The molecule has 1 aliphatic heterocycles. The SMILES string of the molecule is O=C(NC1CCN(C(=O)c2ccccn2)CC1)c1ccc(-n2cccc2)cc1. The molecule has 1 fully saturated rings. The largest absolute Gasteiger partial charge is 0.349 e. The monoisotopic (exact) mass is 374 g/mol. The molecular weight excluding hydrogens is 352 g/mol. The van der Waals surface area contributed by atoms with E-state index in [1.165, 1.54) is 0 Å². The number of carbonyl (C=O) groups excluding carboxylic acids is 2. The molecule has 3 heterocycles. The lowest BCUT2D eigenvalue weighted by molar-refractivity contribution is 0.0692. The Kier molecular flexibility index (Phi) is 5.19. The second kappa shape index (κ2) is 8.08. The number of carbonyl (C=O) groups is 2. The fourth-order valence-electron chi connectivity index (χ4n) is 3.44. The van der Waals surface area contributed by atoms with Gasteiger partial charge in [0.1, 0.15) is 5.69 Å². The first kappa shape index (κ1) is 18.0. The molecule has 142 valence electrons. The Morgan fingerprint density at radius 2 is 1.64 bits per heavy atom. The van der Waals surface area contributed by atoms with Crippen molar-refractivity contribution in [3.8, 4) is 5.69 Å². The summed E-state index contributed by atoms with van der Waals surface area (Å²) in [4.78, 5) is 30.9. The number of nitrogens with zero attached hydrogens (tertiary/aromatic N) is 3. The molecule has 0 unspecified atom stereocenters. The maximum atomic E-state index is 12.5. The Morgan fingerprint density at radius 1 is 0.929 bits per heavy atom. The van der Waals surface area contributed by atoms with Crippen LogP contribution in [0, 0.1) is 0 Å². The summed E-state index contributed by atoms with van der Waals surface area (Å²) in [6.07, 6.45) is 7.05. The highest BCUT2D eigenvalue weighted by Crippen LogP contribution is 2.15. The number of pyridine rings is 1. The van der Waals surface area contributed by atoms with E-state index in [9.17, 15) is 9.59 Å². The minimum Gasteiger partial charge on any atom is -0.349 e. The topological polar surface area (TPSA) is 67.2 Å². The van der Waals surface area contributed by atoms with Gasteiger partial charge in [-0.05, 0) is 61.4 Å². The molecule has 2 aromatic heterocycles. The zero-order valence-electron chi connectivity index (χ0n) is 15.5. The molecular formula is C22H22N4O2. The van der Waals surface area contributed by atoms with E-state index < -0.39 is 0 Å². The molecule has 2 amide bonds. The van der Waals surface area contributed by atoms with Gasteiger partial charge in [-0.3, -0.25) is 14.6 Å². The molecule has 0 saturated carbocycles. The number of rotatable bonds is 4. The second-order valence-electron chi connectivity index (χ2n) is 6.89. The lowest BCUT2D eigenvalue weighted by atomic mass is 10.0. The van der Waals surface area contributed by atoms with Crippen LogP contribution in [0.15, 0.2) is 73.2 Å². The van der Waals surface area contributed by atoms with Crippen LogP contribution in [0.5, 0.6) is 0 Å². The highest BCUT2D eigenvalue weighted by atomic mass is 16.2. The summed E-state index contributed by atoms with van der Waals surface area (Å²) in [5.74, 6) is -0.125. The van der Waals surface area contributed by atoms with Gasteiger partial charge in [-0.25, -0.2) is 0 Å². The Morgan fingerprint density at radius 3 is 2.29 bits per heavy atom. The summed E-state index contributed by atoms with van der Waals surface area (Å²) in [5, 5.41) is 3.09. The van der Waals surface area contributed by atoms with E-state index in [1.54, 1.807) is 23.2 Å². The van der Waals surface area contributed by atoms with Crippen LogP contribution in [0.1, 0.15) is 33.7 Å². The second-order valence-corrected chi connectivity index (χ2v) is 6.89. The number of aromatic nitrogens is 2. The lowest BCUT2D eigenvalue weighted by Gasteiger charge is -2.32. The van der Waals surface area contributed by atoms with Crippen LogP contribution in [0.2, 0.25) is 0 Å². The molecule has 0 bridgehead atoms. The summed E-state index contributed by atoms with van der Waals surface area (Å²) < 4.78 is 2.00. The van der Waals surface area contributed by atoms with Crippen molar-refractivity contribution in [1.82, 2.24) is 19.8 Å². The number of piperidine rings is 1. The van der Waals surface area contributed by atoms with E-state index in [1.807, 2.05) is 59.4 Å². The molecule has 0 radical (unpaired) electrons. The average molecular weight is 374 g/mol. The lowest BCUT2D eigenvalue weighted by Crippen LogP contribution is -2.46. The first-order chi connectivity index (χ1) is 13.7. The van der Waals surface area contributed by atoms with Crippen molar-refractivity contribution >= 4 is 11.8 Å². The van der Waals surface area contributed by atoms with Gasteiger partial charge in [0.15, 0.2) is 0 Å². The zero-order chi connectivity index (χ0) is 19.3. The van der Waals surface area contributed by atoms with Crippen molar-refractivity contribution in [3.05, 3.63) is 84.4 Å². The van der Waals surface area contributed by atoms with Crippen LogP contribution < -0.4 is 5.32 Å². The molecule has 28 heavy (non-hydrogen) atoms. The predicted molar refractivity (Wildman–Crippen MR) is 106 cm³/mol. The van der Waals surface area contributed by atoms with Crippen molar-refractivity contribution in [2.45, 2.75) is 18.9 Å². The molecule has 3 aromatic rings. The number of benzene rings is 1. The minimum absolute atomic E-state index is 0.0500. The summed E-state index contributed by atoms with van der Waals surface area (Å²) in [7, 11) is 0. The van der Waals surface area contributed by atoms with Crippen molar-refractivity contribution in [1.29, 1.82) is 0 Å². The van der Waals surface area contributed by atoms with Crippen LogP contribution in [0.3, 0.4) is 0 Å². The third-order valence-corrected chi connectivity index (χ3v) is 5.03. The summed E-state index contributed by atoms with van der Waals surface area (Å²) in [6.45, 7) is 1.24. The van der Waals surface area contributed by atoms with Crippen LogP contribution in [0.25, 0.3) is 5.69 Å². The van der Waals surface area contributed by atoms with Gasteiger partial charge in [-0.15, -0.1) is 0 Å². The third kappa shape index (κ3) is 3.96. The van der Waals surface area contributed by atoms with Crippen molar-refractivity contribution < 1.29 is 9.59 Å². The number of nitrogens with one attached hydrogen (secondary N) is 1. The average Bonchev–Trinajstić information content (AvgIpc) is 3.29. The van der Waals surface area contributed by atoms with Gasteiger partial charge in [0.25, 0.3) is 11.8 Å². The van der Waals surface area contributed by atoms with Crippen molar-refractivity contribution in [2.24, 2.45) is 0 Å². The predicted octanol–water partition coefficient (Wildman–Crippen LogP) is 2.91. The maximum Gasteiger partial charge on any atom is 0.272 e. The van der Waals surface area contributed by atoms with Gasteiger partial charge >= 0.3 is 0 Å². The normalized spacial score (nSPS) is 14.6. The van der Waals surface area contributed by atoms with Gasteiger partial charge in [-0.2, -0.15) is 0 Å². The van der Waals surface area contributed by atoms with Crippen molar-refractivity contribution in [3.63, 3.8) is 0 Å². The standard InChI is InChI=1S/C22H22N4O2/c27-21(17-6-8-19(9-7-17)25-13-3-4-14-25)24-18-10-15-26(16-11-18)22(28)20-5-1-2-12-23-20/h1-9,12-14,18H,10-11,15-16H2,(H,24,27). The fourth-order valence-corrected chi connectivity index (χ4v) is 3.44. The summed E-state index contributed by atoms with van der Waals surface area (Å²) in [6, 6.07) is 16.9. The minimum atomic E-state index is -0.0754. The zero-order valence-corrected chi connectivity index (χ0v) is 15.5. The maximum absolute atomic E-state index is 12.5. The Balaban J connectivity index is 1.31. The molecule has 0 spiro atoms. The van der Waals surface area contributed by atoms with E-state index >= 15 is 0 Å². The molecule has 1 saturated heterocycles. The molecule has 1 N–H and O–H groups in total. The van der Waals surface area contributed by atoms with E-state index in [0.29, 0.717) is 24.3 Å². The number of likely N-dealkylation sites (tertiary alicyclic amines) is 1. The highest BCUT2D eigenvalue weighted by Gasteiger charge is 2.25. The van der Waals surface area contributed by atoms with Crippen LogP contribution in [0.4, 0.5) is 0 Å². The van der Waals surface area contributed by atoms with E-state index in [2.05, 4.69) is 10.3 Å². The number of hydrogen-bond acceptors (Lipinski definition) is 3. The Hall–Kier alpha value is -3.41. The van der Waals surface area contributed by atoms with Gasteiger partial charge in [-0.1, -0.05) is 6.07 Å². The molecule has 0 atom stereocenters. The van der Waals surface area contributed by atoms with E-state index in [0.717, 1.165) is 18.5 Å². The molecule has 4 rings (SSSR count). The van der Waals surface area contributed by atoms with Gasteiger partial charge in [0.05, 0.1) is 0 Å².